The van der Waals surface area contributed by atoms with E-state index < -0.39 is 0 Å². The van der Waals surface area contributed by atoms with E-state index in [-0.39, 0.29) is 6.03 Å². The fraction of sp³-hybridized carbons (Fsp3) is 0.235. The third-order valence-corrected chi connectivity index (χ3v) is 2.92. The first-order chi connectivity index (χ1) is 10.2. The molecule has 0 spiro atoms. The normalized spacial score (nSPS) is 10.3. The average molecular weight is 284 g/mol. The third kappa shape index (κ3) is 4.61. The molecule has 0 aliphatic heterocycles. The molecule has 0 bridgehead atoms. The molecule has 4 nitrogen and oxygen atoms in total. The van der Waals surface area contributed by atoms with Crippen molar-refractivity contribution in [2.24, 2.45) is 0 Å². The molecule has 2 N–H and O–H groups in total. The monoisotopic (exact) mass is 284 g/mol. The number of ether oxygens (including phenoxy) is 1. The van der Waals surface area contributed by atoms with Gasteiger partial charge in [0.05, 0.1) is 18.9 Å². The summed E-state index contributed by atoms with van der Waals surface area (Å²) in [6, 6.07) is 13.5. The Bertz CT molecular complexity index is 632. The van der Waals surface area contributed by atoms with Gasteiger partial charge < -0.3 is 15.4 Å². The van der Waals surface area contributed by atoms with Gasteiger partial charge >= 0.3 is 6.03 Å². The molecule has 0 unspecified atom stereocenters. The fourth-order valence-corrected chi connectivity index (χ4v) is 1.98. The second kappa shape index (κ2) is 7.45. The van der Waals surface area contributed by atoms with Crippen LogP contribution in [0.25, 0.3) is 10.8 Å². The Morgan fingerprint density at radius 3 is 2.76 bits per heavy atom. The van der Waals surface area contributed by atoms with E-state index in [4.69, 9.17) is 4.74 Å². The van der Waals surface area contributed by atoms with Crippen molar-refractivity contribution in [3.63, 3.8) is 0 Å². The Hall–Kier alpha value is -2.33. The summed E-state index contributed by atoms with van der Waals surface area (Å²) in [5.41, 5.74) is 1.77. The zero-order chi connectivity index (χ0) is 15.1. The third-order valence-electron chi connectivity index (χ3n) is 2.92. The highest BCUT2D eigenvalue weighted by Gasteiger charge is 2.04. The van der Waals surface area contributed by atoms with Crippen LogP contribution in [-0.2, 0) is 4.74 Å². The van der Waals surface area contributed by atoms with Crippen molar-refractivity contribution in [3.05, 3.63) is 54.6 Å². The molecule has 21 heavy (non-hydrogen) atoms. The Balaban J connectivity index is 1.86. The van der Waals surface area contributed by atoms with Crippen LogP contribution in [0.1, 0.15) is 6.92 Å². The van der Waals surface area contributed by atoms with Crippen molar-refractivity contribution in [1.82, 2.24) is 5.32 Å². The number of fused-ring (bicyclic) bond motifs is 1. The fourth-order valence-electron chi connectivity index (χ4n) is 1.98. The highest BCUT2D eigenvalue weighted by molar-refractivity contribution is 6.01. The first-order valence-corrected chi connectivity index (χ1v) is 6.91. The molecule has 2 aromatic carbocycles. The molecular weight excluding hydrogens is 264 g/mol. The van der Waals surface area contributed by atoms with Crippen molar-refractivity contribution < 1.29 is 9.53 Å². The molecular formula is C17H20N2O2. The molecule has 0 fully saturated rings. The number of carbonyl (C=O) groups excluding carboxylic acids is 1. The van der Waals surface area contributed by atoms with Crippen LogP contribution in [0.15, 0.2) is 54.6 Å². The smallest absolute Gasteiger partial charge is 0.319 e. The number of hydrogen-bond donors (Lipinski definition) is 2. The minimum absolute atomic E-state index is 0.231. The van der Waals surface area contributed by atoms with Gasteiger partial charge in [0.2, 0.25) is 0 Å². The Morgan fingerprint density at radius 1 is 1.19 bits per heavy atom. The van der Waals surface area contributed by atoms with Gasteiger partial charge in [-0.05, 0) is 18.4 Å². The van der Waals surface area contributed by atoms with E-state index in [1.165, 1.54) is 0 Å². The highest BCUT2D eigenvalue weighted by atomic mass is 16.5. The number of hydrogen-bond acceptors (Lipinski definition) is 2. The van der Waals surface area contributed by atoms with Gasteiger partial charge in [-0.15, -0.1) is 0 Å². The highest BCUT2D eigenvalue weighted by Crippen LogP contribution is 2.22. The summed E-state index contributed by atoms with van der Waals surface area (Å²) in [5, 5.41) is 7.75. The summed E-state index contributed by atoms with van der Waals surface area (Å²) >= 11 is 0. The average Bonchev–Trinajstić information content (AvgIpc) is 2.47. The molecule has 0 aliphatic rings. The molecule has 0 saturated heterocycles. The number of benzene rings is 2. The first-order valence-electron chi connectivity index (χ1n) is 6.91. The van der Waals surface area contributed by atoms with Crippen molar-refractivity contribution in [3.8, 4) is 0 Å². The summed E-state index contributed by atoms with van der Waals surface area (Å²) in [7, 11) is 0. The van der Waals surface area contributed by atoms with Gasteiger partial charge in [0, 0.05) is 11.9 Å². The van der Waals surface area contributed by atoms with E-state index in [1.807, 2.05) is 49.4 Å². The molecule has 4 heteroatoms. The topological polar surface area (TPSA) is 50.4 Å². The molecule has 0 heterocycles. The SMILES string of the molecule is C=C(C)COCCNC(=O)Nc1cccc2ccccc12. The Kier molecular flexibility index (Phi) is 5.35. The van der Waals surface area contributed by atoms with Crippen LogP contribution < -0.4 is 10.6 Å². The summed E-state index contributed by atoms with van der Waals surface area (Å²) < 4.78 is 5.32. The number of rotatable bonds is 6. The number of anilines is 1. The number of amides is 2. The summed E-state index contributed by atoms with van der Waals surface area (Å²) in [4.78, 5) is 11.9. The van der Waals surface area contributed by atoms with Gasteiger partial charge in [0.1, 0.15) is 0 Å². The molecule has 0 saturated carbocycles. The molecule has 0 atom stereocenters. The minimum Gasteiger partial charge on any atom is -0.375 e. The van der Waals surface area contributed by atoms with Crippen LogP contribution in [-0.4, -0.2) is 25.8 Å². The molecule has 0 radical (unpaired) electrons. The quantitative estimate of drug-likeness (QED) is 0.629. The Morgan fingerprint density at radius 2 is 1.95 bits per heavy atom. The molecule has 0 aliphatic carbocycles. The van der Waals surface area contributed by atoms with Crippen molar-refractivity contribution >= 4 is 22.5 Å². The number of carbonyl (C=O) groups is 1. The van der Waals surface area contributed by atoms with E-state index in [1.54, 1.807) is 0 Å². The predicted molar refractivity (Wildman–Crippen MR) is 86.6 cm³/mol. The van der Waals surface area contributed by atoms with E-state index >= 15 is 0 Å². The molecule has 0 aromatic heterocycles. The van der Waals surface area contributed by atoms with E-state index in [2.05, 4.69) is 17.2 Å². The first kappa shape index (κ1) is 15.1. The molecule has 110 valence electrons. The van der Waals surface area contributed by atoms with Crippen LogP contribution in [0.2, 0.25) is 0 Å². The maximum Gasteiger partial charge on any atom is 0.319 e. The van der Waals surface area contributed by atoms with E-state index in [0.29, 0.717) is 19.8 Å². The maximum absolute atomic E-state index is 11.9. The second-order valence-electron chi connectivity index (χ2n) is 4.92. The van der Waals surface area contributed by atoms with Crippen LogP contribution in [0.3, 0.4) is 0 Å². The molecule has 2 rings (SSSR count). The largest absolute Gasteiger partial charge is 0.375 e. The number of urea groups is 1. The Labute approximate surface area is 124 Å². The van der Waals surface area contributed by atoms with Crippen LogP contribution in [0.5, 0.6) is 0 Å². The molecule has 2 amide bonds. The van der Waals surface area contributed by atoms with Gasteiger partial charge in [-0.1, -0.05) is 48.6 Å². The van der Waals surface area contributed by atoms with Gasteiger partial charge in [0.25, 0.3) is 0 Å². The lowest BCUT2D eigenvalue weighted by Crippen LogP contribution is -2.31. The van der Waals surface area contributed by atoms with Crippen molar-refractivity contribution in [2.75, 3.05) is 25.1 Å². The van der Waals surface area contributed by atoms with Crippen LogP contribution >= 0.6 is 0 Å². The zero-order valence-corrected chi connectivity index (χ0v) is 12.2. The van der Waals surface area contributed by atoms with E-state index in [0.717, 1.165) is 22.0 Å². The van der Waals surface area contributed by atoms with Gasteiger partial charge in [-0.25, -0.2) is 4.79 Å². The summed E-state index contributed by atoms with van der Waals surface area (Å²) in [6.45, 7) is 7.10. The predicted octanol–water partition coefficient (Wildman–Crippen LogP) is 3.55. The lowest BCUT2D eigenvalue weighted by atomic mass is 10.1. The lowest BCUT2D eigenvalue weighted by molar-refractivity contribution is 0.159. The van der Waals surface area contributed by atoms with Gasteiger partial charge in [0.15, 0.2) is 0 Å². The number of nitrogens with one attached hydrogen (secondary N) is 2. The summed E-state index contributed by atoms with van der Waals surface area (Å²) in [5.74, 6) is 0. The van der Waals surface area contributed by atoms with Crippen molar-refractivity contribution in [2.45, 2.75) is 6.92 Å². The van der Waals surface area contributed by atoms with Gasteiger partial charge in [-0.2, -0.15) is 0 Å². The van der Waals surface area contributed by atoms with Gasteiger partial charge in [-0.3, -0.25) is 0 Å². The zero-order valence-electron chi connectivity index (χ0n) is 12.2. The minimum atomic E-state index is -0.231. The summed E-state index contributed by atoms with van der Waals surface area (Å²) in [6.07, 6.45) is 0. The van der Waals surface area contributed by atoms with Crippen molar-refractivity contribution in [1.29, 1.82) is 0 Å². The van der Waals surface area contributed by atoms with Crippen LogP contribution in [0, 0.1) is 0 Å². The van der Waals surface area contributed by atoms with E-state index in [9.17, 15) is 4.79 Å². The standard InChI is InChI=1S/C17H20N2O2/c1-13(2)12-21-11-10-18-17(20)19-16-9-5-7-14-6-3-4-8-15(14)16/h3-9H,1,10-12H2,2H3,(H2,18,19,20). The maximum atomic E-state index is 11.9. The lowest BCUT2D eigenvalue weighted by Gasteiger charge is -2.10. The second-order valence-corrected chi connectivity index (χ2v) is 4.92. The van der Waals surface area contributed by atoms with Crippen LogP contribution in [0.4, 0.5) is 10.5 Å². The molecule has 2 aromatic rings.